The number of hydrogen-bond donors (Lipinski definition) is 1. The summed E-state index contributed by atoms with van der Waals surface area (Å²) in [4.78, 5) is 18.6. The molecule has 0 aliphatic carbocycles. The molecule has 0 saturated carbocycles. The summed E-state index contributed by atoms with van der Waals surface area (Å²) in [7, 11) is 1.72. The third kappa shape index (κ3) is 5.93. The Hall–Kier alpha value is -3.19. The minimum Gasteiger partial charge on any atom is -0.497 e. The summed E-state index contributed by atoms with van der Waals surface area (Å²) in [6, 6.07) is 26.9. The first-order chi connectivity index (χ1) is 18.4. The monoisotopic (exact) mass is 513 g/mol. The number of fused-ring (bicyclic) bond motifs is 1. The quantitative estimate of drug-likeness (QED) is 0.466. The maximum atomic E-state index is 11.4. The second kappa shape index (κ2) is 11.7. The molecule has 1 unspecified atom stereocenters. The Morgan fingerprint density at radius 1 is 0.947 bits per heavy atom. The second-order valence-corrected chi connectivity index (χ2v) is 10.9. The van der Waals surface area contributed by atoms with E-state index in [9.17, 15) is 9.90 Å². The fraction of sp³-hybridized carbons (Fsp3) is 0.406. The molecule has 200 valence electrons. The molecule has 1 N–H and O–H groups in total. The molecule has 3 aromatic rings. The minimum absolute atomic E-state index is 0.0842. The molecule has 0 bridgehead atoms. The molecular weight excluding hydrogens is 474 g/mol. The Balaban J connectivity index is 1.46. The number of ether oxygens (including phenoxy) is 1. The van der Waals surface area contributed by atoms with Crippen molar-refractivity contribution in [1.82, 2.24) is 14.7 Å². The van der Waals surface area contributed by atoms with Crippen LogP contribution < -0.4 is 4.74 Å². The predicted molar refractivity (Wildman–Crippen MR) is 150 cm³/mol. The number of carboxylic acid groups (broad SMARTS) is 1. The van der Waals surface area contributed by atoms with E-state index >= 15 is 0 Å². The third-order valence-electron chi connectivity index (χ3n) is 8.13. The molecule has 1 fully saturated rings. The van der Waals surface area contributed by atoms with Gasteiger partial charge in [0.1, 0.15) is 5.75 Å². The van der Waals surface area contributed by atoms with Gasteiger partial charge in [-0.3, -0.25) is 19.5 Å². The van der Waals surface area contributed by atoms with E-state index in [1.54, 1.807) is 7.11 Å². The lowest BCUT2D eigenvalue weighted by molar-refractivity contribution is -0.138. The number of hydrogen-bond acceptors (Lipinski definition) is 5. The van der Waals surface area contributed by atoms with Gasteiger partial charge in [-0.2, -0.15) is 0 Å². The molecule has 6 heteroatoms. The maximum absolute atomic E-state index is 11.4. The molecule has 0 aromatic heterocycles. The Kier molecular flexibility index (Phi) is 8.12. The summed E-state index contributed by atoms with van der Waals surface area (Å²) in [6.07, 6.45) is 0.887. The number of methoxy groups -OCH3 is 1. The highest BCUT2D eigenvalue weighted by atomic mass is 16.5. The SMILES string of the molecule is COc1cccc(C(c2ccc3c(c2)CN(CC(=O)O)CC3)N2C[C@@H](C)N(Cc3ccccc3)C[C@H]2C)c1. The van der Waals surface area contributed by atoms with Crippen LogP contribution >= 0.6 is 0 Å². The van der Waals surface area contributed by atoms with Crippen molar-refractivity contribution in [3.8, 4) is 5.75 Å². The summed E-state index contributed by atoms with van der Waals surface area (Å²) in [5.41, 5.74) is 6.40. The molecule has 1 saturated heterocycles. The van der Waals surface area contributed by atoms with Gasteiger partial charge in [0.2, 0.25) is 0 Å². The molecule has 0 spiro atoms. The number of aliphatic carboxylic acids is 1. The summed E-state index contributed by atoms with van der Waals surface area (Å²) in [5, 5.41) is 9.33. The van der Waals surface area contributed by atoms with Gasteiger partial charge in [0, 0.05) is 44.8 Å². The lowest BCUT2D eigenvalue weighted by atomic mass is 9.89. The molecule has 6 nitrogen and oxygen atoms in total. The van der Waals surface area contributed by atoms with Crippen molar-refractivity contribution < 1.29 is 14.6 Å². The van der Waals surface area contributed by atoms with Crippen molar-refractivity contribution in [2.75, 3.05) is 33.3 Å². The number of nitrogens with zero attached hydrogens (tertiary/aromatic N) is 3. The average molecular weight is 514 g/mol. The Bertz CT molecular complexity index is 1250. The Morgan fingerprint density at radius 3 is 2.50 bits per heavy atom. The van der Waals surface area contributed by atoms with Crippen molar-refractivity contribution in [3.05, 3.63) is 101 Å². The number of piperazine rings is 1. The van der Waals surface area contributed by atoms with Crippen LogP contribution in [0.4, 0.5) is 0 Å². The number of benzene rings is 3. The van der Waals surface area contributed by atoms with Crippen molar-refractivity contribution in [3.63, 3.8) is 0 Å². The van der Waals surface area contributed by atoms with Crippen LogP contribution in [0.1, 0.15) is 47.7 Å². The van der Waals surface area contributed by atoms with E-state index < -0.39 is 5.97 Å². The van der Waals surface area contributed by atoms with Gasteiger partial charge < -0.3 is 9.84 Å². The van der Waals surface area contributed by atoms with Gasteiger partial charge in [-0.15, -0.1) is 0 Å². The molecule has 2 aliphatic heterocycles. The highest BCUT2D eigenvalue weighted by molar-refractivity contribution is 5.69. The van der Waals surface area contributed by atoms with Gasteiger partial charge in [-0.05, 0) is 60.2 Å². The number of carboxylic acids is 1. The van der Waals surface area contributed by atoms with E-state index in [1.165, 1.54) is 27.8 Å². The van der Waals surface area contributed by atoms with Gasteiger partial charge in [-0.25, -0.2) is 0 Å². The van der Waals surface area contributed by atoms with Crippen molar-refractivity contribution >= 4 is 5.97 Å². The summed E-state index contributed by atoms with van der Waals surface area (Å²) in [6.45, 7) is 9.13. The van der Waals surface area contributed by atoms with Crippen LogP contribution in [0.3, 0.4) is 0 Å². The van der Waals surface area contributed by atoms with Crippen molar-refractivity contribution in [2.45, 2.75) is 51.5 Å². The summed E-state index contributed by atoms with van der Waals surface area (Å²) < 4.78 is 5.61. The van der Waals surface area contributed by atoms with E-state index in [4.69, 9.17) is 4.74 Å². The van der Waals surface area contributed by atoms with Gasteiger partial charge in [0.15, 0.2) is 0 Å². The Labute approximate surface area is 226 Å². The Morgan fingerprint density at radius 2 is 1.74 bits per heavy atom. The lowest BCUT2D eigenvalue weighted by Crippen LogP contribution is -2.56. The van der Waals surface area contributed by atoms with Crippen LogP contribution in [0.5, 0.6) is 5.75 Å². The highest BCUT2D eigenvalue weighted by Gasteiger charge is 2.35. The number of rotatable bonds is 8. The van der Waals surface area contributed by atoms with E-state index in [0.29, 0.717) is 18.6 Å². The van der Waals surface area contributed by atoms with Crippen LogP contribution in [0, 0.1) is 0 Å². The molecule has 2 aliphatic rings. The molecule has 0 radical (unpaired) electrons. The van der Waals surface area contributed by atoms with Crippen molar-refractivity contribution in [1.29, 1.82) is 0 Å². The average Bonchev–Trinajstić information content (AvgIpc) is 2.91. The van der Waals surface area contributed by atoms with Crippen LogP contribution in [-0.2, 0) is 24.3 Å². The zero-order valence-electron chi connectivity index (χ0n) is 22.7. The molecular formula is C32H39N3O3. The smallest absolute Gasteiger partial charge is 0.317 e. The second-order valence-electron chi connectivity index (χ2n) is 10.9. The van der Waals surface area contributed by atoms with E-state index in [1.807, 2.05) is 11.0 Å². The predicted octanol–water partition coefficient (Wildman–Crippen LogP) is 4.82. The van der Waals surface area contributed by atoms with Crippen LogP contribution in [0.2, 0.25) is 0 Å². The largest absolute Gasteiger partial charge is 0.497 e. The minimum atomic E-state index is -0.768. The lowest BCUT2D eigenvalue weighted by Gasteiger charge is -2.48. The first-order valence-corrected chi connectivity index (χ1v) is 13.6. The molecule has 38 heavy (non-hydrogen) atoms. The molecule has 0 amide bonds. The van der Waals surface area contributed by atoms with Gasteiger partial charge in [-0.1, -0.05) is 60.7 Å². The zero-order chi connectivity index (χ0) is 26.6. The first-order valence-electron chi connectivity index (χ1n) is 13.6. The highest BCUT2D eigenvalue weighted by Crippen LogP contribution is 2.36. The van der Waals surface area contributed by atoms with E-state index in [2.05, 4.69) is 90.4 Å². The standard InChI is InChI=1S/C32H39N3O3/c1-23-19-35(24(2)18-34(23)20-25-8-5-4-6-9-25)32(27-10-7-11-30(17-27)38-3)28-13-12-26-14-15-33(22-31(36)37)21-29(26)16-28/h4-13,16-17,23-24,32H,14-15,18-22H2,1-3H3,(H,36,37)/t23-,24-,32?/m1/s1. The third-order valence-corrected chi connectivity index (χ3v) is 8.13. The molecule has 5 rings (SSSR count). The molecule has 3 atom stereocenters. The molecule has 2 heterocycles. The summed E-state index contributed by atoms with van der Waals surface area (Å²) in [5.74, 6) is 0.0940. The van der Waals surface area contributed by atoms with E-state index in [-0.39, 0.29) is 12.6 Å². The fourth-order valence-corrected chi connectivity index (χ4v) is 6.14. The summed E-state index contributed by atoms with van der Waals surface area (Å²) >= 11 is 0. The topological polar surface area (TPSA) is 56.2 Å². The van der Waals surface area contributed by atoms with Crippen molar-refractivity contribution in [2.24, 2.45) is 0 Å². The van der Waals surface area contributed by atoms with Gasteiger partial charge >= 0.3 is 5.97 Å². The fourth-order valence-electron chi connectivity index (χ4n) is 6.14. The van der Waals surface area contributed by atoms with Crippen LogP contribution in [0.25, 0.3) is 0 Å². The van der Waals surface area contributed by atoms with Crippen LogP contribution in [0.15, 0.2) is 72.8 Å². The molecule has 3 aromatic carbocycles. The van der Waals surface area contributed by atoms with Gasteiger partial charge in [0.25, 0.3) is 0 Å². The zero-order valence-corrected chi connectivity index (χ0v) is 22.7. The maximum Gasteiger partial charge on any atom is 0.317 e. The first kappa shape index (κ1) is 26.4. The number of carbonyl (C=O) groups is 1. The normalized spacial score (nSPS) is 21.6. The van der Waals surface area contributed by atoms with Gasteiger partial charge in [0.05, 0.1) is 19.7 Å². The van der Waals surface area contributed by atoms with E-state index in [0.717, 1.165) is 38.3 Å². The van der Waals surface area contributed by atoms with Crippen LogP contribution in [-0.4, -0.2) is 71.1 Å².